The summed E-state index contributed by atoms with van der Waals surface area (Å²) in [5.41, 5.74) is 19.0. The fourth-order valence-electron chi connectivity index (χ4n) is 8.76. The fourth-order valence-corrected chi connectivity index (χ4v) is 8.76. The average molecular weight is 773 g/mol. The lowest BCUT2D eigenvalue weighted by Gasteiger charge is -2.25. The Balaban J connectivity index is 1.03. The molecule has 288 valence electrons. The van der Waals surface area contributed by atoms with Crippen molar-refractivity contribution in [3.05, 3.63) is 216 Å². The Labute approximate surface area is 351 Å². The lowest BCUT2D eigenvalue weighted by Crippen LogP contribution is -2.09. The molecule has 0 atom stereocenters. The lowest BCUT2D eigenvalue weighted by molar-refractivity contribution is 1.17. The highest BCUT2D eigenvalue weighted by Crippen LogP contribution is 2.40. The molecule has 0 bridgehead atoms. The molecule has 2 aromatic heterocycles. The van der Waals surface area contributed by atoms with E-state index in [0.29, 0.717) is 0 Å². The molecule has 4 nitrogen and oxygen atoms in total. The number of aryl methyl sites for hydroxylation is 4. The second kappa shape index (κ2) is 15.3. The van der Waals surface area contributed by atoms with Gasteiger partial charge in [0.2, 0.25) is 0 Å². The number of benzene rings is 8. The van der Waals surface area contributed by atoms with Crippen LogP contribution in [0.3, 0.4) is 0 Å². The Kier molecular flexibility index (Phi) is 9.38. The quantitative estimate of drug-likeness (QED) is 0.154. The third kappa shape index (κ3) is 6.82. The van der Waals surface area contributed by atoms with Gasteiger partial charge in [-0.05, 0) is 129 Å². The number of anilines is 3. The van der Waals surface area contributed by atoms with Crippen molar-refractivity contribution in [2.45, 2.75) is 27.7 Å². The van der Waals surface area contributed by atoms with Gasteiger partial charge in [0.15, 0.2) is 5.82 Å². The molecule has 0 aliphatic carbocycles. The van der Waals surface area contributed by atoms with Crippen molar-refractivity contribution in [3.8, 4) is 50.7 Å². The maximum atomic E-state index is 5.21. The van der Waals surface area contributed by atoms with E-state index in [9.17, 15) is 0 Å². The first-order valence-corrected chi connectivity index (χ1v) is 20.6. The summed E-state index contributed by atoms with van der Waals surface area (Å²) in [4.78, 5) is 12.6. The number of aromatic nitrogens is 3. The van der Waals surface area contributed by atoms with Crippen LogP contribution in [-0.2, 0) is 0 Å². The zero-order valence-corrected chi connectivity index (χ0v) is 34.3. The monoisotopic (exact) mass is 772 g/mol. The highest BCUT2D eigenvalue weighted by molar-refractivity contribution is 6.10. The molecular weight excluding hydrogens is 729 g/mol. The molecule has 0 N–H and O–H groups in total. The van der Waals surface area contributed by atoms with E-state index in [1.165, 1.54) is 55.2 Å². The van der Waals surface area contributed by atoms with Crippen molar-refractivity contribution in [1.82, 2.24) is 14.5 Å². The van der Waals surface area contributed by atoms with Crippen molar-refractivity contribution in [1.29, 1.82) is 0 Å². The van der Waals surface area contributed by atoms with E-state index in [0.717, 1.165) is 56.7 Å². The maximum absolute atomic E-state index is 5.21. The minimum atomic E-state index is 0.733. The number of fused-ring (bicyclic) bond motifs is 3. The molecular formula is C56H44N4. The molecule has 0 amide bonds. The normalized spacial score (nSPS) is 11.3. The molecule has 0 saturated heterocycles. The summed E-state index contributed by atoms with van der Waals surface area (Å²) in [5, 5.41) is 2.44. The average Bonchev–Trinajstić information content (AvgIpc) is 3.61. The molecule has 0 aliphatic heterocycles. The van der Waals surface area contributed by atoms with E-state index >= 15 is 0 Å². The van der Waals surface area contributed by atoms with Crippen LogP contribution in [0, 0.1) is 27.7 Å². The van der Waals surface area contributed by atoms with Crippen molar-refractivity contribution in [2.24, 2.45) is 0 Å². The van der Waals surface area contributed by atoms with Crippen LogP contribution in [0.4, 0.5) is 17.1 Å². The van der Waals surface area contributed by atoms with Gasteiger partial charge >= 0.3 is 0 Å². The van der Waals surface area contributed by atoms with Gasteiger partial charge in [-0.3, -0.25) is 0 Å². The summed E-state index contributed by atoms with van der Waals surface area (Å²) in [5.74, 6) is 0.733. The first kappa shape index (κ1) is 36.8. The maximum Gasteiger partial charge on any atom is 0.160 e. The number of nitrogens with zero attached hydrogens (tertiary/aromatic N) is 4. The summed E-state index contributed by atoms with van der Waals surface area (Å²) in [6.07, 6.45) is 0. The van der Waals surface area contributed by atoms with E-state index in [1.807, 2.05) is 0 Å². The van der Waals surface area contributed by atoms with Crippen LogP contribution in [0.1, 0.15) is 22.3 Å². The Bertz CT molecular complexity index is 3050. The van der Waals surface area contributed by atoms with Gasteiger partial charge in [-0.2, -0.15) is 0 Å². The van der Waals surface area contributed by atoms with Gasteiger partial charge < -0.3 is 9.47 Å². The van der Waals surface area contributed by atoms with Gasteiger partial charge in [0.25, 0.3) is 0 Å². The van der Waals surface area contributed by atoms with Crippen LogP contribution >= 0.6 is 0 Å². The largest absolute Gasteiger partial charge is 0.310 e. The lowest BCUT2D eigenvalue weighted by atomic mass is 9.93. The highest BCUT2D eigenvalue weighted by Gasteiger charge is 2.19. The van der Waals surface area contributed by atoms with E-state index < -0.39 is 0 Å². The summed E-state index contributed by atoms with van der Waals surface area (Å²) in [7, 11) is 0. The van der Waals surface area contributed by atoms with Crippen molar-refractivity contribution in [2.75, 3.05) is 4.90 Å². The highest BCUT2D eigenvalue weighted by atomic mass is 15.1. The molecule has 10 aromatic rings. The fraction of sp³-hybridized carbons (Fsp3) is 0.0714. The first-order valence-electron chi connectivity index (χ1n) is 20.6. The predicted molar refractivity (Wildman–Crippen MR) is 252 cm³/mol. The Morgan fingerprint density at radius 3 is 1.63 bits per heavy atom. The van der Waals surface area contributed by atoms with Gasteiger partial charge in [0, 0.05) is 50.2 Å². The molecule has 0 fully saturated rings. The molecule has 0 spiro atoms. The van der Waals surface area contributed by atoms with E-state index in [-0.39, 0.29) is 0 Å². The molecule has 4 heteroatoms. The zero-order chi connectivity index (χ0) is 40.7. The molecule has 0 aliphatic rings. The van der Waals surface area contributed by atoms with Gasteiger partial charge in [-0.25, -0.2) is 9.97 Å². The Hall–Kier alpha value is -7.56. The van der Waals surface area contributed by atoms with Crippen LogP contribution in [0.5, 0.6) is 0 Å². The van der Waals surface area contributed by atoms with Gasteiger partial charge in [0.1, 0.15) is 0 Å². The van der Waals surface area contributed by atoms with Gasteiger partial charge in [-0.1, -0.05) is 126 Å². The zero-order valence-electron chi connectivity index (χ0n) is 34.3. The molecule has 8 aromatic carbocycles. The SMILES string of the molecule is Cc1cccc(-c2cc(-c3c(C)cc(-c4ccc(-n5c6ccccc6c6cc(N(c7ccccc7)c7ccccc7)ccc65)cc4)cc3C)nc(-c3cccc(C)c3)n2)c1. The molecule has 0 radical (unpaired) electrons. The third-order valence-electron chi connectivity index (χ3n) is 11.5. The van der Waals surface area contributed by atoms with E-state index in [1.54, 1.807) is 0 Å². The predicted octanol–water partition coefficient (Wildman–Crippen LogP) is 14.9. The number of para-hydroxylation sites is 3. The van der Waals surface area contributed by atoms with Gasteiger partial charge in [-0.15, -0.1) is 0 Å². The smallest absolute Gasteiger partial charge is 0.160 e. The molecule has 10 rings (SSSR count). The minimum Gasteiger partial charge on any atom is -0.310 e. The minimum absolute atomic E-state index is 0.733. The second-order valence-electron chi connectivity index (χ2n) is 15.8. The standard InChI is InChI=1S/C56H44N4/c1-37-15-13-17-42(31-37)51-36-52(58-56(57-51)43-18-14-16-38(2)32-43)55-39(3)33-44(34-40(55)4)41-25-27-47(28-26-41)60-53-24-12-11-23-49(53)50-35-48(29-30-54(50)60)59(45-19-7-5-8-20-45)46-21-9-6-10-22-46/h5-36H,1-4H3. The topological polar surface area (TPSA) is 34.0 Å². The van der Waals surface area contributed by atoms with Crippen molar-refractivity contribution < 1.29 is 0 Å². The summed E-state index contributed by atoms with van der Waals surface area (Å²) < 4.78 is 2.39. The number of hydrogen-bond donors (Lipinski definition) is 0. The summed E-state index contributed by atoms with van der Waals surface area (Å²) in [6.45, 7) is 8.63. The van der Waals surface area contributed by atoms with Crippen LogP contribution in [0.25, 0.3) is 72.5 Å². The van der Waals surface area contributed by atoms with Gasteiger partial charge in [0.05, 0.1) is 22.4 Å². The van der Waals surface area contributed by atoms with Crippen molar-refractivity contribution >= 4 is 38.9 Å². The Morgan fingerprint density at radius 2 is 0.967 bits per heavy atom. The van der Waals surface area contributed by atoms with E-state index in [2.05, 4.69) is 231 Å². The van der Waals surface area contributed by atoms with Crippen LogP contribution in [-0.4, -0.2) is 14.5 Å². The van der Waals surface area contributed by atoms with Crippen LogP contribution in [0.2, 0.25) is 0 Å². The third-order valence-corrected chi connectivity index (χ3v) is 11.5. The van der Waals surface area contributed by atoms with E-state index in [4.69, 9.17) is 9.97 Å². The second-order valence-corrected chi connectivity index (χ2v) is 15.8. The number of hydrogen-bond acceptors (Lipinski definition) is 3. The molecule has 60 heavy (non-hydrogen) atoms. The Morgan fingerprint density at radius 1 is 0.383 bits per heavy atom. The van der Waals surface area contributed by atoms with Crippen molar-refractivity contribution in [3.63, 3.8) is 0 Å². The summed E-state index contributed by atoms with van der Waals surface area (Å²) >= 11 is 0. The number of rotatable bonds is 8. The van der Waals surface area contributed by atoms with Crippen LogP contribution < -0.4 is 4.90 Å². The molecule has 2 heterocycles. The van der Waals surface area contributed by atoms with Crippen LogP contribution in [0.15, 0.2) is 194 Å². The molecule has 0 saturated carbocycles. The summed E-state index contributed by atoms with van der Waals surface area (Å²) in [6, 6.07) is 69.5. The molecule has 0 unspecified atom stereocenters. The first-order chi connectivity index (χ1) is 29.4.